The smallest absolute Gasteiger partial charge is 0.329 e. The maximum absolute atomic E-state index is 12.3. The van der Waals surface area contributed by atoms with Crippen molar-refractivity contribution in [1.29, 1.82) is 0 Å². The van der Waals surface area contributed by atoms with Crippen molar-refractivity contribution in [2.75, 3.05) is 5.33 Å². The van der Waals surface area contributed by atoms with E-state index < -0.39 is 17.8 Å². The number of carbonyl (C=O) groups excluding carboxylic acids is 3. The molecule has 2 amide bonds. The first-order valence-corrected chi connectivity index (χ1v) is 6.93. The number of hydrogen-bond donors (Lipinski definition) is 0. The SMILES string of the molecule is O=C(CBr)ON1C(=O)c2ccc3ccccc3c2C1=O. The number of fused-ring (bicyclic) bond motifs is 3. The van der Waals surface area contributed by atoms with Crippen molar-refractivity contribution in [2.45, 2.75) is 0 Å². The lowest BCUT2D eigenvalue weighted by Crippen LogP contribution is -2.33. The molecule has 1 heterocycles. The maximum Gasteiger partial charge on any atom is 0.343 e. The van der Waals surface area contributed by atoms with Gasteiger partial charge >= 0.3 is 5.97 Å². The predicted molar refractivity (Wildman–Crippen MR) is 74.3 cm³/mol. The average Bonchev–Trinajstić information content (AvgIpc) is 2.72. The van der Waals surface area contributed by atoms with Gasteiger partial charge in [-0.3, -0.25) is 9.59 Å². The number of nitrogens with zero attached hydrogens (tertiary/aromatic N) is 1. The molecule has 6 heteroatoms. The third-order valence-electron chi connectivity index (χ3n) is 3.04. The molecular weight excluding hydrogens is 326 g/mol. The summed E-state index contributed by atoms with van der Waals surface area (Å²) in [6.45, 7) is 0. The van der Waals surface area contributed by atoms with Crippen LogP contribution < -0.4 is 0 Å². The largest absolute Gasteiger partial charge is 0.343 e. The number of rotatable bonds is 2. The normalized spacial score (nSPS) is 13.8. The third kappa shape index (κ3) is 1.80. The Morgan fingerprint density at radius 1 is 1.10 bits per heavy atom. The summed E-state index contributed by atoms with van der Waals surface area (Å²) in [5.74, 6) is -1.94. The zero-order valence-electron chi connectivity index (χ0n) is 10.1. The van der Waals surface area contributed by atoms with Crippen LogP contribution >= 0.6 is 15.9 Å². The summed E-state index contributed by atoms with van der Waals surface area (Å²) >= 11 is 2.91. The van der Waals surface area contributed by atoms with Crippen LogP contribution in [-0.4, -0.2) is 28.2 Å². The predicted octanol–water partition coefficient (Wildman–Crippen LogP) is 2.29. The fourth-order valence-corrected chi connectivity index (χ4v) is 2.29. The molecule has 0 spiro atoms. The number of benzene rings is 2. The Kier molecular flexibility index (Phi) is 3.02. The van der Waals surface area contributed by atoms with Crippen LogP contribution in [-0.2, 0) is 9.63 Å². The van der Waals surface area contributed by atoms with Gasteiger partial charge in [0, 0.05) is 0 Å². The van der Waals surface area contributed by atoms with Crippen molar-refractivity contribution in [1.82, 2.24) is 5.06 Å². The summed E-state index contributed by atoms with van der Waals surface area (Å²) in [4.78, 5) is 40.4. The molecule has 0 bridgehead atoms. The molecule has 1 aliphatic heterocycles. The standard InChI is InChI=1S/C14H8BrNO4/c15-7-11(17)20-16-13(18)10-6-5-8-3-1-2-4-9(8)12(10)14(16)19/h1-6H,7H2. The summed E-state index contributed by atoms with van der Waals surface area (Å²) in [5, 5.41) is 1.93. The molecule has 0 aliphatic carbocycles. The summed E-state index contributed by atoms with van der Waals surface area (Å²) < 4.78 is 0. The van der Waals surface area contributed by atoms with E-state index in [0.29, 0.717) is 10.4 Å². The van der Waals surface area contributed by atoms with Crippen LogP contribution in [0.4, 0.5) is 0 Å². The fraction of sp³-hybridized carbons (Fsp3) is 0.0714. The van der Waals surface area contributed by atoms with E-state index in [1.54, 1.807) is 24.3 Å². The second-order valence-corrected chi connectivity index (χ2v) is 4.77. The van der Waals surface area contributed by atoms with Crippen molar-refractivity contribution in [3.8, 4) is 0 Å². The van der Waals surface area contributed by atoms with Crippen molar-refractivity contribution in [3.63, 3.8) is 0 Å². The van der Waals surface area contributed by atoms with Gasteiger partial charge in [0.2, 0.25) is 0 Å². The van der Waals surface area contributed by atoms with Gasteiger partial charge in [-0.05, 0) is 16.8 Å². The van der Waals surface area contributed by atoms with E-state index in [9.17, 15) is 14.4 Å². The van der Waals surface area contributed by atoms with Gasteiger partial charge in [0.25, 0.3) is 11.8 Å². The Morgan fingerprint density at radius 3 is 2.60 bits per heavy atom. The first-order chi connectivity index (χ1) is 9.63. The van der Waals surface area contributed by atoms with E-state index in [1.165, 1.54) is 0 Å². The van der Waals surface area contributed by atoms with E-state index >= 15 is 0 Å². The van der Waals surface area contributed by atoms with Crippen LogP contribution in [0.3, 0.4) is 0 Å². The zero-order valence-corrected chi connectivity index (χ0v) is 11.7. The maximum atomic E-state index is 12.3. The number of halogens is 1. The number of hydrogen-bond acceptors (Lipinski definition) is 4. The lowest BCUT2D eigenvalue weighted by Gasteiger charge is -2.11. The molecule has 0 radical (unpaired) electrons. The van der Waals surface area contributed by atoms with E-state index in [4.69, 9.17) is 4.84 Å². The molecule has 20 heavy (non-hydrogen) atoms. The lowest BCUT2D eigenvalue weighted by molar-refractivity contribution is -0.164. The topological polar surface area (TPSA) is 63.7 Å². The lowest BCUT2D eigenvalue weighted by atomic mass is 10.0. The molecule has 0 atom stereocenters. The second kappa shape index (κ2) is 4.72. The molecule has 5 nitrogen and oxygen atoms in total. The van der Waals surface area contributed by atoms with Crippen LogP contribution in [0, 0.1) is 0 Å². The Bertz CT molecular complexity index is 756. The fourth-order valence-electron chi connectivity index (χ4n) is 2.19. The average molecular weight is 334 g/mol. The molecule has 0 unspecified atom stereocenters. The molecule has 0 N–H and O–H groups in total. The monoisotopic (exact) mass is 333 g/mol. The molecule has 0 fully saturated rings. The van der Waals surface area contributed by atoms with Gasteiger partial charge in [-0.1, -0.05) is 51.3 Å². The van der Waals surface area contributed by atoms with Crippen LogP contribution in [0.5, 0.6) is 0 Å². The van der Waals surface area contributed by atoms with Crippen LogP contribution in [0.1, 0.15) is 20.7 Å². The number of imide groups is 1. The van der Waals surface area contributed by atoms with Crippen molar-refractivity contribution in [2.24, 2.45) is 0 Å². The molecule has 0 aromatic heterocycles. The summed E-state index contributed by atoms with van der Waals surface area (Å²) in [6.07, 6.45) is 0. The molecule has 2 aromatic carbocycles. The highest BCUT2D eigenvalue weighted by atomic mass is 79.9. The summed E-state index contributed by atoms with van der Waals surface area (Å²) in [7, 11) is 0. The van der Waals surface area contributed by atoms with Crippen LogP contribution in [0.15, 0.2) is 36.4 Å². The molecule has 0 saturated carbocycles. The minimum absolute atomic E-state index is 0.0961. The van der Waals surface area contributed by atoms with Crippen molar-refractivity contribution >= 4 is 44.5 Å². The van der Waals surface area contributed by atoms with Crippen molar-refractivity contribution < 1.29 is 19.2 Å². The second-order valence-electron chi connectivity index (χ2n) is 4.21. The minimum Gasteiger partial charge on any atom is -0.329 e. The van der Waals surface area contributed by atoms with Gasteiger partial charge < -0.3 is 4.84 Å². The molecule has 0 saturated heterocycles. The molecule has 1 aliphatic rings. The Hall–Kier alpha value is -2.21. The van der Waals surface area contributed by atoms with Gasteiger partial charge in [0.15, 0.2) is 0 Å². The Morgan fingerprint density at radius 2 is 1.85 bits per heavy atom. The van der Waals surface area contributed by atoms with E-state index in [1.807, 2.05) is 12.1 Å². The first kappa shape index (κ1) is 12.8. The Labute approximate surface area is 122 Å². The Balaban J connectivity index is 2.13. The first-order valence-electron chi connectivity index (χ1n) is 5.81. The third-order valence-corrected chi connectivity index (χ3v) is 3.50. The number of hydroxylamine groups is 2. The summed E-state index contributed by atoms with van der Waals surface area (Å²) in [5.41, 5.74) is 0.520. The van der Waals surface area contributed by atoms with Gasteiger partial charge in [-0.25, -0.2) is 4.79 Å². The van der Waals surface area contributed by atoms with Gasteiger partial charge in [-0.2, -0.15) is 0 Å². The van der Waals surface area contributed by atoms with Crippen molar-refractivity contribution in [3.05, 3.63) is 47.5 Å². The summed E-state index contributed by atoms with van der Waals surface area (Å²) in [6, 6.07) is 10.6. The molecule has 100 valence electrons. The minimum atomic E-state index is -0.705. The molecular formula is C14H8BrNO4. The highest BCUT2D eigenvalue weighted by Crippen LogP contribution is 2.30. The van der Waals surface area contributed by atoms with Crippen LogP contribution in [0.25, 0.3) is 10.8 Å². The van der Waals surface area contributed by atoms with E-state index in [2.05, 4.69) is 15.9 Å². The quantitative estimate of drug-likeness (QED) is 0.624. The van der Waals surface area contributed by atoms with Gasteiger partial charge in [-0.15, -0.1) is 0 Å². The number of alkyl halides is 1. The zero-order chi connectivity index (χ0) is 14.3. The number of amides is 2. The van der Waals surface area contributed by atoms with Gasteiger partial charge in [0.05, 0.1) is 11.1 Å². The number of carbonyl (C=O) groups is 3. The van der Waals surface area contributed by atoms with Crippen LogP contribution in [0.2, 0.25) is 0 Å². The van der Waals surface area contributed by atoms with Gasteiger partial charge in [0.1, 0.15) is 5.33 Å². The highest BCUT2D eigenvalue weighted by molar-refractivity contribution is 9.09. The molecule has 2 aromatic rings. The van der Waals surface area contributed by atoms with E-state index in [-0.39, 0.29) is 16.5 Å². The highest BCUT2D eigenvalue weighted by Gasteiger charge is 2.39. The molecule has 3 rings (SSSR count). The van der Waals surface area contributed by atoms with E-state index in [0.717, 1.165) is 5.39 Å².